The number of carbonyl (C=O) groups excluding carboxylic acids is 1. The molecule has 2 aromatic rings. The van der Waals surface area contributed by atoms with Crippen molar-refractivity contribution in [1.29, 1.82) is 0 Å². The Morgan fingerprint density at radius 3 is 2.62 bits per heavy atom. The molecule has 0 saturated carbocycles. The van der Waals surface area contributed by atoms with Gasteiger partial charge >= 0.3 is 5.69 Å². The molecule has 1 heterocycles. The molecule has 0 spiro atoms. The maximum absolute atomic E-state index is 13.5. The maximum atomic E-state index is 13.5. The Hall–Kier alpha value is -2.90. The first-order valence-corrected chi connectivity index (χ1v) is 8.60. The summed E-state index contributed by atoms with van der Waals surface area (Å²) in [4.78, 5) is 40.8. The number of nitrogens with zero attached hydrogens (tertiary/aromatic N) is 2. The molecule has 0 aliphatic rings. The van der Waals surface area contributed by atoms with Gasteiger partial charge in [0.25, 0.3) is 11.5 Å². The highest BCUT2D eigenvalue weighted by Gasteiger charge is 2.25. The summed E-state index contributed by atoms with van der Waals surface area (Å²) in [6.07, 6.45) is 2.02. The van der Waals surface area contributed by atoms with Gasteiger partial charge in [-0.15, -0.1) is 0 Å². The number of hydrogen-bond donors (Lipinski definition) is 2. The second-order valence-electron chi connectivity index (χ2n) is 5.97. The molecule has 140 valence electrons. The molecular weight excluding hydrogens is 339 g/mol. The summed E-state index contributed by atoms with van der Waals surface area (Å²) >= 11 is 0. The van der Waals surface area contributed by atoms with Crippen molar-refractivity contribution in [3.8, 4) is 0 Å². The van der Waals surface area contributed by atoms with Crippen LogP contribution in [0.1, 0.15) is 43.5 Å². The predicted octanol–water partition coefficient (Wildman–Crippen LogP) is 2.11. The van der Waals surface area contributed by atoms with Gasteiger partial charge in [0, 0.05) is 18.7 Å². The quantitative estimate of drug-likeness (QED) is 0.788. The SMILES string of the molecule is CCCCN(C(=O)c1cccc(F)c1)c1c(N)n(CCC)c(=O)[nH]c1=O. The minimum atomic E-state index is -0.735. The largest absolute Gasteiger partial charge is 0.383 e. The van der Waals surface area contributed by atoms with E-state index in [1.807, 2.05) is 13.8 Å². The van der Waals surface area contributed by atoms with Gasteiger partial charge in [0.05, 0.1) is 0 Å². The van der Waals surface area contributed by atoms with E-state index in [2.05, 4.69) is 4.98 Å². The van der Waals surface area contributed by atoms with Crippen LogP contribution < -0.4 is 21.9 Å². The van der Waals surface area contributed by atoms with Crippen molar-refractivity contribution in [2.75, 3.05) is 17.2 Å². The van der Waals surface area contributed by atoms with Crippen molar-refractivity contribution in [1.82, 2.24) is 9.55 Å². The van der Waals surface area contributed by atoms with Crippen LogP contribution in [0.5, 0.6) is 0 Å². The monoisotopic (exact) mass is 362 g/mol. The number of anilines is 2. The third-order valence-electron chi connectivity index (χ3n) is 3.98. The number of aromatic nitrogens is 2. The van der Waals surface area contributed by atoms with Crippen LogP contribution in [0.25, 0.3) is 0 Å². The Morgan fingerprint density at radius 2 is 2.00 bits per heavy atom. The van der Waals surface area contributed by atoms with E-state index in [1.54, 1.807) is 0 Å². The number of nitrogen functional groups attached to an aromatic ring is 1. The molecule has 1 aromatic heterocycles. The number of aromatic amines is 1. The summed E-state index contributed by atoms with van der Waals surface area (Å²) in [5, 5.41) is 0. The smallest absolute Gasteiger partial charge is 0.330 e. The van der Waals surface area contributed by atoms with Crippen LogP contribution >= 0.6 is 0 Å². The molecule has 0 aliphatic heterocycles. The second-order valence-corrected chi connectivity index (χ2v) is 5.97. The van der Waals surface area contributed by atoms with Gasteiger partial charge in [0.15, 0.2) is 5.69 Å². The molecule has 0 saturated heterocycles. The van der Waals surface area contributed by atoms with Crippen molar-refractivity contribution in [2.45, 2.75) is 39.7 Å². The number of nitrogens with two attached hydrogens (primary N) is 1. The molecule has 8 heteroatoms. The van der Waals surface area contributed by atoms with Gasteiger partial charge in [-0.3, -0.25) is 19.1 Å². The second kappa shape index (κ2) is 8.46. The number of amides is 1. The third kappa shape index (κ3) is 4.01. The fourth-order valence-electron chi connectivity index (χ4n) is 2.69. The van der Waals surface area contributed by atoms with E-state index in [1.165, 1.54) is 27.7 Å². The van der Waals surface area contributed by atoms with Crippen molar-refractivity contribution in [2.24, 2.45) is 0 Å². The summed E-state index contributed by atoms with van der Waals surface area (Å²) in [5.41, 5.74) is 4.73. The fourth-order valence-corrected chi connectivity index (χ4v) is 2.69. The van der Waals surface area contributed by atoms with Crippen molar-refractivity contribution >= 4 is 17.4 Å². The van der Waals surface area contributed by atoms with Gasteiger partial charge in [-0.2, -0.15) is 0 Å². The van der Waals surface area contributed by atoms with E-state index >= 15 is 0 Å². The molecule has 26 heavy (non-hydrogen) atoms. The first-order valence-electron chi connectivity index (χ1n) is 8.60. The van der Waals surface area contributed by atoms with E-state index in [4.69, 9.17) is 5.73 Å². The van der Waals surface area contributed by atoms with E-state index in [0.717, 1.165) is 12.5 Å². The van der Waals surface area contributed by atoms with Crippen LogP contribution in [0.15, 0.2) is 33.9 Å². The number of carbonyl (C=O) groups is 1. The number of halogens is 1. The van der Waals surface area contributed by atoms with Crippen LogP contribution in [0.2, 0.25) is 0 Å². The topological polar surface area (TPSA) is 101 Å². The van der Waals surface area contributed by atoms with Crippen molar-refractivity contribution in [3.63, 3.8) is 0 Å². The summed E-state index contributed by atoms with van der Waals surface area (Å²) in [5.74, 6) is -1.16. The zero-order valence-corrected chi connectivity index (χ0v) is 14.9. The highest BCUT2D eigenvalue weighted by molar-refractivity contribution is 6.07. The van der Waals surface area contributed by atoms with Crippen LogP contribution in [-0.4, -0.2) is 22.0 Å². The van der Waals surface area contributed by atoms with Gasteiger partial charge < -0.3 is 10.6 Å². The van der Waals surface area contributed by atoms with E-state index < -0.39 is 23.0 Å². The molecule has 1 aromatic carbocycles. The molecule has 0 radical (unpaired) electrons. The highest BCUT2D eigenvalue weighted by Crippen LogP contribution is 2.20. The maximum Gasteiger partial charge on any atom is 0.330 e. The van der Waals surface area contributed by atoms with Crippen molar-refractivity contribution in [3.05, 3.63) is 56.5 Å². The third-order valence-corrected chi connectivity index (χ3v) is 3.98. The Balaban J connectivity index is 2.60. The Bertz CT molecular complexity index is 904. The average Bonchev–Trinajstić information content (AvgIpc) is 2.60. The van der Waals surface area contributed by atoms with Crippen LogP contribution in [0.3, 0.4) is 0 Å². The lowest BCUT2D eigenvalue weighted by molar-refractivity contribution is 0.0985. The lowest BCUT2D eigenvalue weighted by Gasteiger charge is -2.24. The molecule has 0 bridgehead atoms. The van der Waals surface area contributed by atoms with Gasteiger partial charge in [-0.05, 0) is 31.0 Å². The van der Waals surface area contributed by atoms with Crippen LogP contribution in [-0.2, 0) is 6.54 Å². The van der Waals surface area contributed by atoms with E-state index in [-0.39, 0.29) is 23.6 Å². The molecule has 1 amide bonds. The predicted molar refractivity (Wildman–Crippen MR) is 99.0 cm³/mol. The molecule has 0 unspecified atom stereocenters. The first-order chi connectivity index (χ1) is 12.4. The lowest BCUT2D eigenvalue weighted by Crippen LogP contribution is -2.41. The first kappa shape index (κ1) is 19.4. The zero-order valence-electron chi connectivity index (χ0n) is 14.9. The number of benzene rings is 1. The highest BCUT2D eigenvalue weighted by atomic mass is 19.1. The minimum Gasteiger partial charge on any atom is -0.383 e. The van der Waals surface area contributed by atoms with Gasteiger partial charge in [-0.1, -0.05) is 26.3 Å². The zero-order chi connectivity index (χ0) is 19.3. The normalized spacial score (nSPS) is 10.7. The number of rotatable bonds is 7. The standard InChI is InChI=1S/C18H23FN4O3/c1-3-5-10-22(17(25)12-7-6-8-13(19)11-12)14-15(20)23(9-4-2)18(26)21-16(14)24/h6-8,11H,3-5,9-10,20H2,1-2H3,(H,21,24,26). The molecular formula is C18H23FN4O3. The van der Waals surface area contributed by atoms with E-state index in [9.17, 15) is 18.8 Å². The van der Waals surface area contributed by atoms with Gasteiger partial charge in [-0.25, -0.2) is 9.18 Å². The summed E-state index contributed by atoms with van der Waals surface area (Å²) < 4.78 is 14.7. The summed E-state index contributed by atoms with van der Waals surface area (Å²) in [7, 11) is 0. The van der Waals surface area contributed by atoms with Crippen molar-refractivity contribution < 1.29 is 9.18 Å². The van der Waals surface area contributed by atoms with Gasteiger partial charge in [0.1, 0.15) is 11.6 Å². The average molecular weight is 362 g/mol. The van der Waals surface area contributed by atoms with Crippen LogP contribution in [0, 0.1) is 5.82 Å². The van der Waals surface area contributed by atoms with Gasteiger partial charge in [0.2, 0.25) is 0 Å². The molecule has 0 fully saturated rings. The Labute approximate surface area is 150 Å². The number of unbranched alkanes of at least 4 members (excludes halogenated alkanes) is 1. The molecule has 0 aliphatic carbocycles. The lowest BCUT2D eigenvalue weighted by atomic mass is 10.1. The molecule has 2 rings (SSSR count). The summed E-state index contributed by atoms with van der Waals surface area (Å²) in [6, 6.07) is 5.23. The Morgan fingerprint density at radius 1 is 1.27 bits per heavy atom. The molecule has 7 nitrogen and oxygen atoms in total. The Kier molecular flexibility index (Phi) is 6.32. The number of hydrogen-bond acceptors (Lipinski definition) is 4. The van der Waals surface area contributed by atoms with E-state index in [0.29, 0.717) is 19.4 Å². The minimum absolute atomic E-state index is 0.0681. The molecule has 3 N–H and O–H groups in total. The summed E-state index contributed by atoms with van der Waals surface area (Å²) in [6.45, 7) is 4.34. The number of H-pyrrole nitrogens is 1. The van der Waals surface area contributed by atoms with Crippen LogP contribution in [0.4, 0.5) is 15.9 Å². The fraction of sp³-hybridized carbons (Fsp3) is 0.389. The molecule has 0 atom stereocenters. The number of nitrogens with one attached hydrogen (secondary N) is 1.